The molecule has 1 aliphatic heterocycles. The lowest BCUT2D eigenvalue weighted by atomic mass is 10.2. The number of hydrogen-bond donors (Lipinski definition) is 1. The molecule has 82 valence electrons. The summed E-state index contributed by atoms with van der Waals surface area (Å²) >= 11 is 2.02. The van der Waals surface area contributed by atoms with Crippen LogP contribution in [0.3, 0.4) is 0 Å². The van der Waals surface area contributed by atoms with Gasteiger partial charge in [0.1, 0.15) is 11.6 Å². The molecule has 0 atom stereocenters. The number of anilines is 1. The molecule has 1 fully saturated rings. The van der Waals surface area contributed by atoms with Crippen LogP contribution in [0.1, 0.15) is 17.1 Å². The molecule has 1 N–H and O–H groups in total. The summed E-state index contributed by atoms with van der Waals surface area (Å²) in [7, 11) is 0. The smallest absolute Gasteiger partial charge is 0.132 e. The fourth-order valence-corrected chi connectivity index (χ4v) is 2.39. The van der Waals surface area contributed by atoms with E-state index in [0.717, 1.165) is 29.8 Å². The first-order valence-electron chi connectivity index (χ1n) is 5.30. The Morgan fingerprint density at radius 1 is 1.27 bits per heavy atom. The van der Waals surface area contributed by atoms with E-state index in [1.807, 2.05) is 25.6 Å². The second-order valence-corrected chi connectivity index (χ2v) is 5.19. The summed E-state index contributed by atoms with van der Waals surface area (Å²) in [6.07, 6.45) is 0. The van der Waals surface area contributed by atoms with E-state index in [4.69, 9.17) is 0 Å². The molecule has 0 aliphatic carbocycles. The molecule has 0 unspecified atom stereocenters. The lowest BCUT2D eigenvalue weighted by molar-refractivity contribution is 0.674. The number of hydrogen-bond acceptors (Lipinski definition) is 4. The second-order valence-electron chi connectivity index (χ2n) is 4.11. The van der Waals surface area contributed by atoms with Crippen LogP contribution in [0.2, 0.25) is 0 Å². The number of nitrogens with one attached hydrogen (secondary N) is 1. The zero-order valence-electron chi connectivity index (χ0n) is 9.50. The molecular formula is C11H17N3S. The van der Waals surface area contributed by atoms with Gasteiger partial charge in [-0.1, -0.05) is 0 Å². The third-order valence-corrected chi connectivity index (χ3v) is 4.18. The Bertz CT molecular complexity index is 361. The van der Waals surface area contributed by atoms with Crippen molar-refractivity contribution in [1.29, 1.82) is 0 Å². The van der Waals surface area contributed by atoms with Crippen molar-refractivity contribution in [2.75, 3.05) is 23.4 Å². The van der Waals surface area contributed by atoms with Crippen molar-refractivity contribution in [3.8, 4) is 0 Å². The minimum absolute atomic E-state index is 0.824. The largest absolute Gasteiger partial charge is 0.369 e. The molecule has 1 aromatic heterocycles. The molecule has 0 amide bonds. The van der Waals surface area contributed by atoms with Gasteiger partial charge in [-0.2, -0.15) is 11.8 Å². The van der Waals surface area contributed by atoms with E-state index in [0.29, 0.717) is 0 Å². The van der Waals surface area contributed by atoms with Crippen LogP contribution in [-0.4, -0.2) is 28.0 Å². The third kappa shape index (κ3) is 2.43. The maximum atomic E-state index is 4.43. The van der Waals surface area contributed by atoms with Crippen molar-refractivity contribution in [1.82, 2.24) is 9.97 Å². The minimum Gasteiger partial charge on any atom is -0.369 e. The molecule has 1 aliphatic rings. The molecule has 4 heteroatoms. The van der Waals surface area contributed by atoms with Gasteiger partial charge in [-0.25, -0.2) is 9.97 Å². The summed E-state index contributed by atoms with van der Waals surface area (Å²) in [5, 5.41) is 3.43. The Morgan fingerprint density at radius 2 is 2.00 bits per heavy atom. The van der Waals surface area contributed by atoms with E-state index in [9.17, 15) is 0 Å². The summed E-state index contributed by atoms with van der Waals surface area (Å²) in [5.41, 5.74) is 2.25. The minimum atomic E-state index is 0.824. The first-order chi connectivity index (χ1) is 7.16. The van der Waals surface area contributed by atoms with Crippen molar-refractivity contribution in [2.24, 2.45) is 5.92 Å². The van der Waals surface area contributed by atoms with Crippen molar-refractivity contribution in [3.63, 3.8) is 0 Å². The molecule has 0 saturated carbocycles. The lowest BCUT2D eigenvalue weighted by Crippen LogP contribution is -2.27. The molecule has 15 heavy (non-hydrogen) atoms. The summed E-state index contributed by atoms with van der Waals surface area (Å²) in [4.78, 5) is 8.77. The van der Waals surface area contributed by atoms with Gasteiger partial charge in [0.25, 0.3) is 0 Å². The van der Waals surface area contributed by atoms with Crippen LogP contribution in [0.25, 0.3) is 0 Å². The van der Waals surface area contributed by atoms with Crippen LogP contribution >= 0.6 is 11.8 Å². The van der Waals surface area contributed by atoms with Crippen molar-refractivity contribution < 1.29 is 0 Å². The average molecular weight is 223 g/mol. The Labute approximate surface area is 95.1 Å². The number of aromatic nitrogens is 2. The monoisotopic (exact) mass is 223 g/mol. The van der Waals surface area contributed by atoms with Gasteiger partial charge in [0.15, 0.2) is 0 Å². The highest BCUT2D eigenvalue weighted by atomic mass is 32.2. The molecule has 3 nitrogen and oxygen atoms in total. The van der Waals surface area contributed by atoms with Crippen LogP contribution in [0.15, 0.2) is 0 Å². The Kier molecular flexibility index (Phi) is 3.14. The van der Waals surface area contributed by atoms with Crippen molar-refractivity contribution in [3.05, 3.63) is 17.1 Å². The highest BCUT2D eigenvalue weighted by molar-refractivity contribution is 8.00. The number of nitrogens with zero attached hydrogens (tertiary/aromatic N) is 2. The normalized spacial score (nSPS) is 16.2. The van der Waals surface area contributed by atoms with E-state index in [-0.39, 0.29) is 0 Å². The fraction of sp³-hybridized carbons (Fsp3) is 0.636. The molecule has 0 aromatic carbocycles. The second kappa shape index (κ2) is 4.39. The standard InChI is InChI=1S/C11H17N3S/c1-7-8(2)13-9(3)14-11(7)12-4-10-5-15-6-10/h10H,4-6H2,1-3H3,(H,12,13,14). The van der Waals surface area contributed by atoms with E-state index >= 15 is 0 Å². The van der Waals surface area contributed by atoms with Gasteiger partial charge < -0.3 is 5.32 Å². The first kappa shape index (κ1) is 10.7. The maximum Gasteiger partial charge on any atom is 0.132 e. The lowest BCUT2D eigenvalue weighted by Gasteiger charge is -2.25. The molecule has 0 radical (unpaired) electrons. The van der Waals surface area contributed by atoms with Gasteiger partial charge in [-0.3, -0.25) is 0 Å². The summed E-state index contributed by atoms with van der Waals surface area (Å²) < 4.78 is 0. The predicted octanol–water partition coefficient (Wildman–Crippen LogP) is 2.18. The molecule has 1 aromatic rings. The fourth-order valence-electron chi connectivity index (χ4n) is 1.58. The highest BCUT2D eigenvalue weighted by Gasteiger charge is 2.18. The molecule has 2 heterocycles. The Morgan fingerprint density at radius 3 is 2.60 bits per heavy atom. The van der Waals surface area contributed by atoms with Gasteiger partial charge in [0.05, 0.1) is 0 Å². The number of aryl methyl sites for hydroxylation is 2. The van der Waals surface area contributed by atoms with Gasteiger partial charge >= 0.3 is 0 Å². The molecule has 0 spiro atoms. The zero-order chi connectivity index (χ0) is 10.8. The Hall–Kier alpha value is -0.770. The summed E-state index contributed by atoms with van der Waals surface area (Å²) in [6, 6.07) is 0. The van der Waals surface area contributed by atoms with Crippen molar-refractivity contribution in [2.45, 2.75) is 20.8 Å². The van der Waals surface area contributed by atoms with Gasteiger partial charge in [0, 0.05) is 17.8 Å². The van der Waals surface area contributed by atoms with E-state index < -0.39 is 0 Å². The summed E-state index contributed by atoms with van der Waals surface area (Å²) in [5.74, 6) is 5.26. The number of thioether (sulfide) groups is 1. The third-order valence-electron chi connectivity index (χ3n) is 2.77. The SMILES string of the molecule is Cc1nc(C)c(C)c(NCC2CSC2)n1. The molecular weight excluding hydrogens is 206 g/mol. The summed E-state index contributed by atoms with van der Waals surface area (Å²) in [6.45, 7) is 7.10. The van der Waals surface area contributed by atoms with Gasteiger partial charge in [-0.15, -0.1) is 0 Å². The average Bonchev–Trinajstić information content (AvgIpc) is 2.10. The van der Waals surface area contributed by atoms with Crippen LogP contribution in [0.4, 0.5) is 5.82 Å². The molecule has 1 saturated heterocycles. The van der Waals surface area contributed by atoms with Crippen LogP contribution < -0.4 is 5.32 Å². The van der Waals surface area contributed by atoms with E-state index in [1.54, 1.807) is 0 Å². The maximum absolute atomic E-state index is 4.43. The molecule has 0 bridgehead atoms. The predicted molar refractivity (Wildman–Crippen MR) is 65.5 cm³/mol. The Balaban J connectivity index is 2.05. The van der Waals surface area contributed by atoms with Crippen LogP contribution in [0.5, 0.6) is 0 Å². The highest BCUT2D eigenvalue weighted by Crippen LogP contribution is 2.25. The van der Waals surface area contributed by atoms with E-state index in [1.165, 1.54) is 17.1 Å². The quantitative estimate of drug-likeness (QED) is 0.852. The van der Waals surface area contributed by atoms with Crippen LogP contribution in [0, 0.1) is 26.7 Å². The van der Waals surface area contributed by atoms with Crippen LogP contribution in [-0.2, 0) is 0 Å². The molecule has 2 rings (SSSR count). The first-order valence-corrected chi connectivity index (χ1v) is 6.45. The van der Waals surface area contributed by atoms with E-state index in [2.05, 4.69) is 22.2 Å². The van der Waals surface area contributed by atoms with Gasteiger partial charge in [-0.05, 0) is 38.2 Å². The topological polar surface area (TPSA) is 37.8 Å². The van der Waals surface area contributed by atoms with Gasteiger partial charge in [0.2, 0.25) is 0 Å². The zero-order valence-corrected chi connectivity index (χ0v) is 10.3. The number of rotatable bonds is 3. The van der Waals surface area contributed by atoms with Crippen molar-refractivity contribution >= 4 is 17.6 Å².